The van der Waals surface area contributed by atoms with Gasteiger partial charge in [-0.15, -0.1) is 0 Å². The van der Waals surface area contributed by atoms with E-state index in [-0.39, 0.29) is 24.3 Å². The minimum Gasteiger partial charge on any atom is -0.484 e. The first-order chi connectivity index (χ1) is 16.9. The fraction of sp³-hybridized carbons (Fsp3) is 0.444. The van der Waals surface area contributed by atoms with E-state index < -0.39 is 5.54 Å². The fourth-order valence-corrected chi connectivity index (χ4v) is 5.34. The molecule has 2 aromatic rings. The van der Waals surface area contributed by atoms with Crippen molar-refractivity contribution in [2.75, 3.05) is 26.2 Å². The van der Waals surface area contributed by atoms with Crippen LogP contribution in [0.5, 0.6) is 5.75 Å². The summed E-state index contributed by atoms with van der Waals surface area (Å²) in [5.74, 6) is 1.39. The van der Waals surface area contributed by atoms with Crippen LogP contribution in [0, 0.1) is 5.92 Å². The van der Waals surface area contributed by atoms with E-state index in [0.29, 0.717) is 37.8 Å². The lowest BCUT2D eigenvalue weighted by Gasteiger charge is -2.32. The number of rotatable bonds is 9. The molecule has 1 saturated heterocycles. The summed E-state index contributed by atoms with van der Waals surface area (Å²) >= 11 is 3.54. The molecule has 1 atom stereocenters. The maximum absolute atomic E-state index is 13.8. The van der Waals surface area contributed by atoms with E-state index in [1.54, 1.807) is 4.90 Å². The Labute approximate surface area is 215 Å². The van der Waals surface area contributed by atoms with Crippen LogP contribution < -0.4 is 15.5 Å². The van der Waals surface area contributed by atoms with Crippen molar-refractivity contribution in [3.8, 4) is 5.75 Å². The van der Waals surface area contributed by atoms with Gasteiger partial charge < -0.3 is 9.64 Å². The highest BCUT2D eigenvalue weighted by molar-refractivity contribution is 9.10. The Hall–Kier alpha value is -2.87. The van der Waals surface area contributed by atoms with E-state index in [1.165, 1.54) is 0 Å². The van der Waals surface area contributed by atoms with Crippen LogP contribution in [0.4, 0.5) is 0 Å². The van der Waals surface area contributed by atoms with Crippen LogP contribution in [0.1, 0.15) is 44.6 Å². The van der Waals surface area contributed by atoms with Crippen molar-refractivity contribution in [2.24, 2.45) is 11.7 Å². The molecule has 35 heavy (non-hydrogen) atoms. The SMILES string of the molecule is CCCCC1(c2cccc(Br)c2)[NH+]=C(N)N(CC2CCN(C(=O)COc3ccccc3)CC2)C1=O. The van der Waals surface area contributed by atoms with Gasteiger partial charge in [0.2, 0.25) is 5.54 Å². The first-order valence-electron chi connectivity index (χ1n) is 12.4. The van der Waals surface area contributed by atoms with Crippen molar-refractivity contribution in [1.82, 2.24) is 9.80 Å². The van der Waals surface area contributed by atoms with Gasteiger partial charge in [-0.3, -0.25) is 20.3 Å². The van der Waals surface area contributed by atoms with E-state index in [0.717, 1.165) is 35.7 Å². The van der Waals surface area contributed by atoms with Gasteiger partial charge in [0.25, 0.3) is 5.91 Å². The lowest BCUT2D eigenvalue weighted by molar-refractivity contribution is -0.540. The number of para-hydroxylation sites is 1. The molecule has 186 valence electrons. The van der Waals surface area contributed by atoms with Crippen LogP contribution >= 0.6 is 15.9 Å². The summed E-state index contributed by atoms with van der Waals surface area (Å²) < 4.78 is 6.55. The summed E-state index contributed by atoms with van der Waals surface area (Å²) in [5, 5.41) is 0. The van der Waals surface area contributed by atoms with Gasteiger partial charge in [0, 0.05) is 23.1 Å². The Bertz CT molecular complexity index is 1070. The smallest absolute Gasteiger partial charge is 0.352 e. The molecule has 0 spiro atoms. The van der Waals surface area contributed by atoms with Gasteiger partial charge in [-0.05, 0) is 55.9 Å². The first kappa shape index (κ1) is 25.2. The molecule has 2 aliphatic rings. The second-order valence-electron chi connectivity index (χ2n) is 9.37. The van der Waals surface area contributed by atoms with E-state index >= 15 is 0 Å². The zero-order chi connectivity index (χ0) is 24.8. The number of piperidine rings is 1. The highest BCUT2D eigenvalue weighted by atomic mass is 79.9. The van der Waals surface area contributed by atoms with Crippen molar-refractivity contribution in [1.29, 1.82) is 0 Å². The number of carbonyl (C=O) groups is 2. The molecule has 8 heteroatoms. The maximum atomic E-state index is 13.8. The second kappa shape index (κ2) is 11.2. The minimum absolute atomic E-state index is 0.00877. The summed E-state index contributed by atoms with van der Waals surface area (Å²) in [6.07, 6.45) is 4.24. The number of hydrogen-bond donors (Lipinski definition) is 2. The number of benzene rings is 2. The number of nitrogens with zero attached hydrogens (tertiary/aromatic N) is 2. The molecule has 3 N–H and O–H groups in total. The number of ether oxygens (including phenoxy) is 1. The van der Waals surface area contributed by atoms with Crippen LogP contribution in [0.25, 0.3) is 0 Å². The molecule has 0 aromatic heterocycles. The average Bonchev–Trinajstić information content (AvgIpc) is 3.12. The van der Waals surface area contributed by atoms with Crippen LogP contribution in [-0.4, -0.2) is 53.8 Å². The molecule has 4 rings (SSSR count). The molecule has 0 aliphatic carbocycles. The average molecular weight is 542 g/mol. The number of halogens is 1. The predicted octanol–water partition coefficient (Wildman–Crippen LogP) is 2.39. The predicted molar refractivity (Wildman–Crippen MR) is 138 cm³/mol. The molecule has 0 bridgehead atoms. The van der Waals surface area contributed by atoms with Crippen molar-refractivity contribution in [3.63, 3.8) is 0 Å². The number of carbonyl (C=O) groups excluding carboxylic acids is 2. The topological polar surface area (TPSA) is 89.8 Å². The third kappa shape index (κ3) is 5.69. The zero-order valence-electron chi connectivity index (χ0n) is 20.2. The number of guanidine groups is 1. The zero-order valence-corrected chi connectivity index (χ0v) is 21.8. The minimum atomic E-state index is -0.838. The summed E-state index contributed by atoms with van der Waals surface area (Å²) in [4.78, 5) is 33.3. The lowest BCUT2D eigenvalue weighted by atomic mass is 9.84. The number of amides is 2. The molecular weight excluding hydrogens is 508 g/mol. The van der Waals surface area contributed by atoms with Gasteiger partial charge in [-0.25, -0.2) is 0 Å². The summed E-state index contributed by atoms with van der Waals surface area (Å²) in [6, 6.07) is 17.3. The summed E-state index contributed by atoms with van der Waals surface area (Å²) in [5.41, 5.74) is 6.49. The Balaban J connectivity index is 1.36. The van der Waals surface area contributed by atoms with Gasteiger partial charge in [0.15, 0.2) is 6.61 Å². The molecule has 2 heterocycles. The first-order valence-corrected chi connectivity index (χ1v) is 13.2. The van der Waals surface area contributed by atoms with Crippen molar-refractivity contribution in [3.05, 3.63) is 64.6 Å². The van der Waals surface area contributed by atoms with Gasteiger partial charge >= 0.3 is 11.9 Å². The second-order valence-corrected chi connectivity index (χ2v) is 10.3. The van der Waals surface area contributed by atoms with E-state index in [2.05, 4.69) is 27.8 Å². The third-order valence-electron chi connectivity index (χ3n) is 6.98. The largest absolute Gasteiger partial charge is 0.484 e. The fourth-order valence-electron chi connectivity index (χ4n) is 4.94. The maximum Gasteiger partial charge on any atom is 0.352 e. The van der Waals surface area contributed by atoms with E-state index in [9.17, 15) is 9.59 Å². The van der Waals surface area contributed by atoms with Crippen LogP contribution in [0.15, 0.2) is 59.1 Å². The van der Waals surface area contributed by atoms with E-state index in [1.807, 2.05) is 59.5 Å². The van der Waals surface area contributed by atoms with E-state index in [4.69, 9.17) is 10.5 Å². The number of unbranched alkanes of at least 4 members (excludes halogenated alkanes) is 1. The molecule has 1 unspecified atom stereocenters. The van der Waals surface area contributed by atoms with Gasteiger partial charge in [-0.1, -0.05) is 59.6 Å². The highest BCUT2D eigenvalue weighted by Crippen LogP contribution is 2.30. The third-order valence-corrected chi connectivity index (χ3v) is 7.47. The molecule has 2 aliphatic heterocycles. The number of nitrogens with one attached hydrogen (secondary N) is 1. The lowest BCUT2D eigenvalue weighted by Crippen LogP contribution is -2.85. The summed E-state index contributed by atoms with van der Waals surface area (Å²) in [6.45, 7) is 4.03. The molecule has 7 nitrogen and oxygen atoms in total. The Morgan fingerprint density at radius 3 is 2.60 bits per heavy atom. The Morgan fingerprint density at radius 2 is 1.91 bits per heavy atom. The molecule has 0 radical (unpaired) electrons. The highest BCUT2D eigenvalue weighted by Gasteiger charge is 2.53. The molecular formula is C27H34BrN4O3+. The van der Waals surface area contributed by atoms with Gasteiger partial charge in [-0.2, -0.15) is 4.90 Å². The number of likely N-dealkylation sites (tertiary alicyclic amines) is 1. The van der Waals surface area contributed by atoms with Crippen molar-refractivity contribution in [2.45, 2.75) is 44.6 Å². The normalized spacial score (nSPS) is 20.7. The van der Waals surface area contributed by atoms with Crippen LogP contribution in [0.2, 0.25) is 0 Å². The number of nitrogens with two attached hydrogens (primary N) is 1. The molecule has 2 amide bonds. The van der Waals surface area contributed by atoms with Crippen LogP contribution in [0.3, 0.4) is 0 Å². The van der Waals surface area contributed by atoms with Gasteiger partial charge in [0.1, 0.15) is 5.75 Å². The summed E-state index contributed by atoms with van der Waals surface area (Å²) in [7, 11) is 0. The van der Waals surface area contributed by atoms with Crippen molar-refractivity contribution < 1.29 is 19.3 Å². The van der Waals surface area contributed by atoms with Crippen LogP contribution in [-0.2, 0) is 15.1 Å². The molecule has 0 saturated carbocycles. The van der Waals surface area contributed by atoms with Gasteiger partial charge in [0.05, 0.1) is 6.54 Å². The monoisotopic (exact) mass is 541 g/mol. The Kier molecular flexibility index (Phi) is 8.11. The molecule has 1 fully saturated rings. The number of hydrogen-bond acceptors (Lipinski definition) is 4. The Morgan fingerprint density at radius 1 is 1.17 bits per heavy atom. The van der Waals surface area contributed by atoms with Crippen molar-refractivity contribution >= 4 is 33.7 Å². The standard InChI is InChI=1S/C27H33BrN4O3/c1-2-3-14-27(21-8-7-9-22(28)17-21)25(34)32(26(29)30-27)18-20-12-15-31(16-13-20)24(33)19-35-23-10-5-4-6-11-23/h4-11,17,20H,2-3,12-16,18-19H2,1H3,(H2,29,30)/p+1. The molecule has 2 aromatic carbocycles. The quantitative estimate of drug-likeness (QED) is 0.510.